The first-order valence-corrected chi connectivity index (χ1v) is 9.84. The van der Waals surface area contributed by atoms with E-state index in [-0.39, 0.29) is 11.4 Å². The van der Waals surface area contributed by atoms with Crippen molar-refractivity contribution in [2.75, 3.05) is 0 Å². The Balaban J connectivity index is 2.09. The molecule has 0 unspecified atom stereocenters. The molecule has 1 aromatic carbocycles. The number of allylic oxidation sites excluding steroid dienone is 5. The van der Waals surface area contributed by atoms with E-state index in [1.165, 1.54) is 22.7 Å². The van der Waals surface area contributed by atoms with Crippen LogP contribution in [-0.4, -0.2) is 9.97 Å². The Morgan fingerprint density at radius 1 is 0.966 bits per heavy atom. The minimum atomic E-state index is -0.0895. The second kappa shape index (κ2) is 7.15. The first kappa shape index (κ1) is 18.3. The predicted octanol–water partition coefficient (Wildman–Crippen LogP) is 5.47. The van der Waals surface area contributed by atoms with Crippen molar-refractivity contribution < 1.29 is 0 Å². The molecule has 0 saturated heterocycles. The van der Waals surface area contributed by atoms with E-state index in [4.69, 9.17) is 13.1 Å². The van der Waals surface area contributed by atoms with E-state index in [0.717, 1.165) is 14.7 Å². The summed E-state index contributed by atoms with van der Waals surface area (Å²) in [7, 11) is 0. The van der Waals surface area contributed by atoms with Gasteiger partial charge in [-0.1, -0.05) is 46.9 Å². The molecular weight excluding hydrogens is 400 g/mol. The van der Waals surface area contributed by atoms with Crippen LogP contribution in [0, 0.1) is 42.7 Å². The van der Waals surface area contributed by atoms with Crippen molar-refractivity contribution in [2.45, 2.75) is 6.92 Å². The van der Waals surface area contributed by atoms with Gasteiger partial charge in [0.05, 0.1) is 30.3 Å². The fraction of sp³-hybridized carbons (Fsp3) is 0.0476. The van der Waals surface area contributed by atoms with Crippen LogP contribution in [0.5, 0.6) is 0 Å². The number of hydrogen-bond acceptors (Lipinski definition) is 6. The molecule has 4 rings (SSSR count). The molecule has 0 spiro atoms. The molecule has 6 nitrogen and oxygen atoms in total. The first-order chi connectivity index (χ1) is 14.1. The highest BCUT2D eigenvalue weighted by Gasteiger charge is 2.31. The smallest absolute Gasteiger partial charge is 0.229 e. The normalized spacial score (nSPS) is 15.7. The van der Waals surface area contributed by atoms with Crippen molar-refractivity contribution in [3.63, 3.8) is 0 Å². The Hall–Kier alpha value is -4.08. The topological polar surface area (TPSA) is 82.1 Å². The van der Waals surface area contributed by atoms with Crippen LogP contribution in [0.4, 0.5) is 0 Å². The molecule has 0 bridgehead atoms. The van der Waals surface area contributed by atoms with E-state index in [1.807, 2.05) is 19.1 Å². The highest BCUT2D eigenvalue weighted by atomic mass is 32.1. The fourth-order valence-corrected chi connectivity index (χ4v) is 5.09. The maximum Gasteiger partial charge on any atom is 0.270 e. The highest BCUT2D eigenvalue weighted by Crippen LogP contribution is 2.49. The summed E-state index contributed by atoms with van der Waals surface area (Å²) in [5.41, 5.74) is 2.47. The van der Waals surface area contributed by atoms with Gasteiger partial charge in [-0.2, -0.15) is 0 Å². The van der Waals surface area contributed by atoms with Gasteiger partial charge in [0.2, 0.25) is 0 Å². The Bertz CT molecular complexity index is 1320. The number of benzene rings is 1. The maximum absolute atomic E-state index is 9.54. The molecule has 0 atom stereocenters. The molecule has 29 heavy (non-hydrogen) atoms. The number of aryl methyl sites for hydroxylation is 1. The Labute approximate surface area is 174 Å². The second-order valence-corrected chi connectivity index (χ2v) is 8.08. The Morgan fingerprint density at radius 2 is 1.52 bits per heavy atom. The molecule has 0 amide bonds. The molecule has 3 aromatic rings. The van der Waals surface area contributed by atoms with Gasteiger partial charge in [0.15, 0.2) is 9.66 Å². The lowest BCUT2D eigenvalue weighted by molar-refractivity contribution is 1.36. The molecule has 0 radical (unpaired) electrons. The van der Waals surface area contributed by atoms with E-state index < -0.39 is 0 Å². The number of nitrogens with zero attached hydrogens (tertiary/aromatic N) is 6. The number of fused-ring (bicyclic) bond motifs is 2. The number of rotatable bonds is 1. The standard InChI is InChI=1S/C21H8N6S2/c1-11-26-20-21(28-11)27-17(29-20)8-14-18(15(9-22)24-2)12-6-4-5-7-13(12)19(14)16(10-23)25-3/h4-8H,1H3/b18-15-,19-16-. The second-order valence-electron chi connectivity index (χ2n) is 5.89. The highest BCUT2D eigenvalue weighted by molar-refractivity contribution is 7.26. The van der Waals surface area contributed by atoms with E-state index in [2.05, 4.69) is 19.7 Å². The predicted molar refractivity (Wildman–Crippen MR) is 113 cm³/mol. The van der Waals surface area contributed by atoms with Crippen molar-refractivity contribution in [1.29, 1.82) is 10.5 Å². The number of thiazole rings is 2. The molecule has 2 aromatic heterocycles. The van der Waals surface area contributed by atoms with Crippen LogP contribution in [0.1, 0.15) is 21.1 Å². The van der Waals surface area contributed by atoms with Crippen molar-refractivity contribution >= 4 is 49.6 Å². The molecule has 1 aliphatic rings. The van der Waals surface area contributed by atoms with E-state index in [0.29, 0.717) is 32.9 Å². The number of hydrogen-bond donors (Lipinski definition) is 0. The summed E-state index contributed by atoms with van der Waals surface area (Å²) >= 11 is 2.87. The Kier molecular flexibility index (Phi) is 4.51. The zero-order valence-corrected chi connectivity index (χ0v) is 16.5. The van der Waals surface area contributed by atoms with Gasteiger partial charge in [-0.05, 0) is 29.7 Å². The van der Waals surface area contributed by atoms with Gasteiger partial charge in [-0.25, -0.2) is 30.2 Å². The van der Waals surface area contributed by atoms with Gasteiger partial charge in [-0.3, -0.25) is 0 Å². The zero-order valence-electron chi connectivity index (χ0n) is 14.9. The lowest BCUT2D eigenvalue weighted by Crippen LogP contribution is -1.88. The molecule has 0 saturated carbocycles. The van der Waals surface area contributed by atoms with E-state index >= 15 is 0 Å². The van der Waals surface area contributed by atoms with Crippen LogP contribution in [0.25, 0.3) is 36.6 Å². The van der Waals surface area contributed by atoms with Gasteiger partial charge in [-0.15, -0.1) is 0 Å². The zero-order chi connectivity index (χ0) is 20.5. The summed E-state index contributed by atoms with van der Waals surface area (Å²) in [6.07, 6.45) is 1.74. The van der Waals surface area contributed by atoms with Gasteiger partial charge in [0.25, 0.3) is 11.4 Å². The van der Waals surface area contributed by atoms with Crippen LogP contribution >= 0.6 is 22.7 Å². The quantitative estimate of drug-likeness (QED) is 0.395. The molecule has 0 aliphatic heterocycles. The molecule has 0 N–H and O–H groups in total. The van der Waals surface area contributed by atoms with Gasteiger partial charge in [0, 0.05) is 11.1 Å². The third kappa shape index (κ3) is 2.90. The summed E-state index contributed by atoms with van der Waals surface area (Å²) < 4.78 is 0. The minimum Gasteiger partial charge on any atom is -0.229 e. The van der Waals surface area contributed by atoms with Crippen molar-refractivity contribution in [3.05, 3.63) is 85.2 Å². The number of nitriles is 2. The fourth-order valence-electron chi connectivity index (χ4n) is 3.20. The van der Waals surface area contributed by atoms with Crippen LogP contribution < -0.4 is 0 Å². The van der Waals surface area contributed by atoms with Crippen LogP contribution in [0.3, 0.4) is 0 Å². The number of aromatic nitrogens is 2. The summed E-state index contributed by atoms with van der Waals surface area (Å²) in [6, 6.07) is 11.1. The summed E-state index contributed by atoms with van der Waals surface area (Å²) in [4.78, 5) is 17.4. The molecule has 0 fully saturated rings. The van der Waals surface area contributed by atoms with Crippen molar-refractivity contribution in [2.24, 2.45) is 0 Å². The van der Waals surface area contributed by atoms with Gasteiger partial charge in [0.1, 0.15) is 5.01 Å². The summed E-state index contributed by atoms with van der Waals surface area (Å²) in [5.74, 6) is 0. The van der Waals surface area contributed by atoms with Gasteiger partial charge < -0.3 is 0 Å². The van der Waals surface area contributed by atoms with Crippen molar-refractivity contribution in [1.82, 2.24) is 9.97 Å². The average molecular weight is 408 g/mol. The largest absolute Gasteiger partial charge is 0.270 e. The first-order valence-electron chi connectivity index (χ1n) is 8.21. The minimum absolute atomic E-state index is 0.0895. The maximum atomic E-state index is 9.54. The van der Waals surface area contributed by atoms with Crippen LogP contribution in [-0.2, 0) is 0 Å². The van der Waals surface area contributed by atoms with E-state index in [1.54, 1.807) is 30.3 Å². The third-order valence-electron chi connectivity index (χ3n) is 4.28. The monoisotopic (exact) mass is 408 g/mol. The Morgan fingerprint density at radius 3 is 2.00 bits per heavy atom. The summed E-state index contributed by atoms with van der Waals surface area (Å²) in [5, 5.41) is 20.6. The van der Waals surface area contributed by atoms with Gasteiger partial charge >= 0.3 is 0 Å². The molecular formula is C21H8N6S2. The molecule has 1 aliphatic carbocycles. The molecule has 134 valence electrons. The molecule has 8 heteroatoms. The molecule has 2 heterocycles. The van der Waals surface area contributed by atoms with Crippen LogP contribution in [0.15, 0.2) is 41.2 Å². The van der Waals surface area contributed by atoms with Crippen molar-refractivity contribution in [3.8, 4) is 12.1 Å². The SMILES string of the molecule is [C-]#[N+]/C(C#N)=C1\C(=Cc2nc3sc(C)nc3s2)/C(=C(/C#N)[N+]#[C-])c2ccccc21. The van der Waals surface area contributed by atoms with E-state index in [9.17, 15) is 10.5 Å². The van der Waals surface area contributed by atoms with Crippen LogP contribution in [0.2, 0.25) is 0 Å². The average Bonchev–Trinajstić information content (AvgIpc) is 3.35. The lowest BCUT2D eigenvalue weighted by atomic mass is 10.0. The summed E-state index contributed by atoms with van der Waals surface area (Å²) in [6.45, 7) is 16.8. The third-order valence-corrected chi connectivity index (χ3v) is 6.17. The lowest BCUT2D eigenvalue weighted by Gasteiger charge is -2.04.